The fourth-order valence-corrected chi connectivity index (χ4v) is 5.27. The highest BCUT2D eigenvalue weighted by Gasteiger charge is 2.29. The molecule has 2 aromatic carbocycles. The van der Waals surface area contributed by atoms with Crippen molar-refractivity contribution < 1.29 is 8.42 Å². The maximum Gasteiger partial charge on any atom is 0.287 e. The van der Waals surface area contributed by atoms with E-state index in [1.807, 2.05) is 35.2 Å². The van der Waals surface area contributed by atoms with E-state index in [0.29, 0.717) is 46.9 Å². The molecule has 0 saturated carbocycles. The SMILES string of the molecule is O=c1c(Br)c(N2CCN(S(=O)(=O)c3ccccc3)CC2)cnn1-c1ccccc1. The maximum atomic E-state index is 12.8. The van der Waals surface area contributed by atoms with Crippen LogP contribution in [-0.4, -0.2) is 48.7 Å². The number of halogens is 1. The van der Waals surface area contributed by atoms with Crippen LogP contribution < -0.4 is 10.5 Å². The maximum absolute atomic E-state index is 12.8. The topological polar surface area (TPSA) is 75.5 Å². The third-order valence-corrected chi connectivity index (χ3v) is 7.52. The summed E-state index contributed by atoms with van der Waals surface area (Å²) in [7, 11) is -3.52. The molecule has 1 aliphatic rings. The number of hydrogen-bond donors (Lipinski definition) is 0. The number of benzene rings is 2. The molecule has 2 heterocycles. The van der Waals surface area contributed by atoms with Crippen LogP contribution in [0.2, 0.25) is 0 Å². The predicted molar refractivity (Wildman–Crippen MR) is 115 cm³/mol. The quantitative estimate of drug-likeness (QED) is 0.580. The zero-order valence-corrected chi connectivity index (χ0v) is 17.9. The molecule has 1 aliphatic heterocycles. The lowest BCUT2D eigenvalue weighted by Gasteiger charge is -2.35. The smallest absolute Gasteiger partial charge is 0.287 e. The number of piperazine rings is 1. The van der Waals surface area contributed by atoms with Crippen molar-refractivity contribution in [2.24, 2.45) is 0 Å². The van der Waals surface area contributed by atoms with E-state index in [-0.39, 0.29) is 5.56 Å². The van der Waals surface area contributed by atoms with Crippen molar-refractivity contribution in [3.8, 4) is 5.69 Å². The Bertz CT molecular complexity index is 1160. The van der Waals surface area contributed by atoms with Gasteiger partial charge in [0.2, 0.25) is 10.0 Å². The number of hydrogen-bond acceptors (Lipinski definition) is 5. The Kier molecular flexibility index (Phi) is 5.53. The second kappa shape index (κ2) is 8.10. The largest absolute Gasteiger partial charge is 0.367 e. The number of para-hydroxylation sites is 1. The molecule has 4 rings (SSSR count). The molecule has 7 nitrogen and oxygen atoms in total. The lowest BCUT2D eigenvalue weighted by atomic mass is 10.3. The highest BCUT2D eigenvalue weighted by atomic mass is 79.9. The summed E-state index contributed by atoms with van der Waals surface area (Å²) in [6.45, 7) is 1.62. The summed E-state index contributed by atoms with van der Waals surface area (Å²) < 4.78 is 28.8. The summed E-state index contributed by atoms with van der Waals surface area (Å²) in [5.41, 5.74) is 1.09. The van der Waals surface area contributed by atoms with Crippen LogP contribution in [0.5, 0.6) is 0 Å². The van der Waals surface area contributed by atoms with Crippen LogP contribution in [0.1, 0.15) is 0 Å². The molecule has 0 spiro atoms. The minimum Gasteiger partial charge on any atom is -0.367 e. The first-order chi connectivity index (χ1) is 14.0. The van der Waals surface area contributed by atoms with E-state index < -0.39 is 10.0 Å². The van der Waals surface area contributed by atoms with Crippen molar-refractivity contribution in [3.05, 3.63) is 81.7 Å². The van der Waals surface area contributed by atoms with Gasteiger partial charge in [-0.3, -0.25) is 4.79 Å². The van der Waals surface area contributed by atoms with Crippen LogP contribution in [0.15, 0.2) is 81.0 Å². The molecule has 29 heavy (non-hydrogen) atoms. The first-order valence-corrected chi connectivity index (χ1v) is 11.4. The summed E-state index contributed by atoms with van der Waals surface area (Å²) >= 11 is 3.41. The fourth-order valence-electron chi connectivity index (χ4n) is 3.31. The van der Waals surface area contributed by atoms with Gasteiger partial charge in [0.15, 0.2) is 0 Å². The number of sulfonamides is 1. The average molecular weight is 475 g/mol. The summed E-state index contributed by atoms with van der Waals surface area (Å²) in [6, 6.07) is 17.6. The second-order valence-electron chi connectivity index (χ2n) is 6.60. The van der Waals surface area contributed by atoms with Crippen LogP contribution in [-0.2, 0) is 10.0 Å². The number of anilines is 1. The molecule has 150 valence electrons. The molecule has 0 N–H and O–H groups in total. The van der Waals surface area contributed by atoms with E-state index in [1.165, 1.54) is 8.99 Å². The molecule has 1 saturated heterocycles. The summed E-state index contributed by atoms with van der Waals surface area (Å²) in [4.78, 5) is 15.0. The van der Waals surface area contributed by atoms with Crippen molar-refractivity contribution in [1.82, 2.24) is 14.1 Å². The first kappa shape index (κ1) is 19.8. The molecular weight excluding hydrogens is 456 g/mol. The van der Waals surface area contributed by atoms with Crippen LogP contribution >= 0.6 is 15.9 Å². The van der Waals surface area contributed by atoms with Crippen molar-refractivity contribution in [1.29, 1.82) is 0 Å². The number of aromatic nitrogens is 2. The van der Waals surface area contributed by atoms with Gasteiger partial charge < -0.3 is 4.90 Å². The molecule has 0 aliphatic carbocycles. The Hall–Kier alpha value is -2.49. The van der Waals surface area contributed by atoms with Gasteiger partial charge in [-0.1, -0.05) is 36.4 Å². The third kappa shape index (κ3) is 3.85. The summed E-state index contributed by atoms with van der Waals surface area (Å²) in [5.74, 6) is 0. The normalized spacial score (nSPS) is 15.4. The minimum absolute atomic E-state index is 0.256. The molecular formula is C20H19BrN4O3S. The lowest BCUT2D eigenvalue weighted by molar-refractivity contribution is 0.384. The van der Waals surface area contributed by atoms with E-state index in [2.05, 4.69) is 21.0 Å². The van der Waals surface area contributed by atoms with Gasteiger partial charge in [-0.05, 0) is 40.2 Å². The van der Waals surface area contributed by atoms with E-state index >= 15 is 0 Å². The van der Waals surface area contributed by atoms with Gasteiger partial charge in [0.25, 0.3) is 5.56 Å². The molecule has 9 heteroatoms. The van der Waals surface area contributed by atoms with Gasteiger partial charge in [0.05, 0.1) is 22.5 Å². The van der Waals surface area contributed by atoms with Crippen LogP contribution in [0.4, 0.5) is 5.69 Å². The Morgan fingerprint density at radius 1 is 0.862 bits per heavy atom. The van der Waals surface area contributed by atoms with Crippen molar-refractivity contribution >= 4 is 31.6 Å². The monoisotopic (exact) mass is 474 g/mol. The Balaban J connectivity index is 1.54. The highest BCUT2D eigenvalue weighted by Crippen LogP contribution is 2.25. The van der Waals surface area contributed by atoms with E-state index in [0.717, 1.165) is 0 Å². The zero-order chi connectivity index (χ0) is 20.4. The fraction of sp³-hybridized carbons (Fsp3) is 0.200. The first-order valence-electron chi connectivity index (χ1n) is 9.12. The van der Waals surface area contributed by atoms with Gasteiger partial charge in [-0.2, -0.15) is 14.1 Å². The Labute approximate surface area is 177 Å². The minimum atomic E-state index is -3.52. The molecule has 3 aromatic rings. The summed E-state index contributed by atoms with van der Waals surface area (Å²) in [5, 5.41) is 4.30. The van der Waals surface area contributed by atoms with E-state index in [4.69, 9.17) is 0 Å². The molecule has 1 aromatic heterocycles. The van der Waals surface area contributed by atoms with E-state index in [1.54, 1.807) is 36.5 Å². The Morgan fingerprint density at radius 3 is 2.07 bits per heavy atom. The van der Waals surface area contributed by atoms with Gasteiger partial charge >= 0.3 is 0 Å². The Morgan fingerprint density at radius 2 is 1.45 bits per heavy atom. The van der Waals surface area contributed by atoms with Gasteiger partial charge in [0.1, 0.15) is 4.47 Å². The predicted octanol–water partition coefficient (Wildman–Crippen LogP) is 2.51. The van der Waals surface area contributed by atoms with E-state index in [9.17, 15) is 13.2 Å². The standard InChI is InChI=1S/C20H19BrN4O3S/c21-19-18(15-22-25(20(19)26)16-7-3-1-4-8-16)23-11-13-24(14-12-23)29(27,28)17-9-5-2-6-10-17/h1-10,15H,11-14H2. The summed E-state index contributed by atoms with van der Waals surface area (Å²) in [6.07, 6.45) is 1.64. The van der Waals surface area contributed by atoms with Crippen LogP contribution in [0.3, 0.4) is 0 Å². The van der Waals surface area contributed by atoms with Crippen molar-refractivity contribution in [2.75, 3.05) is 31.1 Å². The number of rotatable bonds is 4. The molecule has 0 unspecified atom stereocenters. The van der Waals surface area contributed by atoms with Gasteiger partial charge in [-0.25, -0.2) is 8.42 Å². The molecule has 0 atom stereocenters. The molecule has 1 fully saturated rings. The third-order valence-electron chi connectivity index (χ3n) is 4.86. The molecule has 0 radical (unpaired) electrons. The molecule has 0 bridgehead atoms. The lowest BCUT2D eigenvalue weighted by Crippen LogP contribution is -2.49. The zero-order valence-electron chi connectivity index (χ0n) is 15.5. The average Bonchev–Trinajstić information content (AvgIpc) is 2.77. The van der Waals surface area contributed by atoms with Crippen molar-refractivity contribution in [2.45, 2.75) is 4.90 Å². The van der Waals surface area contributed by atoms with Gasteiger partial charge in [0, 0.05) is 26.2 Å². The van der Waals surface area contributed by atoms with Crippen molar-refractivity contribution in [3.63, 3.8) is 0 Å². The van der Waals surface area contributed by atoms with Crippen LogP contribution in [0.25, 0.3) is 5.69 Å². The highest BCUT2D eigenvalue weighted by molar-refractivity contribution is 9.10. The van der Waals surface area contributed by atoms with Crippen LogP contribution in [0, 0.1) is 0 Å². The number of nitrogens with zero attached hydrogens (tertiary/aromatic N) is 4. The molecule has 0 amide bonds. The van der Waals surface area contributed by atoms with Gasteiger partial charge in [-0.15, -0.1) is 0 Å². The second-order valence-corrected chi connectivity index (χ2v) is 9.33.